The number of para-hydroxylation sites is 2. The fourth-order valence-electron chi connectivity index (χ4n) is 3.98. The number of ether oxygens (including phenoxy) is 1. The van der Waals surface area contributed by atoms with Crippen LogP contribution >= 0.6 is 0 Å². The average molecular weight is 506 g/mol. The zero-order valence-corrected chi connectivity index (χ0v) is 21.6. The Morgan fingerprint density at radius 3 is 2.24 bits per heavy atom. The van der Waals surface area contributed by atoms with E-state index in [0.29, 0.717) is 36.7 Å². The SMILES string of the molecule is CCCCC(CC)C(=O)NCCCN(C(=O)Nc1ccccc1F)c1ccc(Oc2ccccc2)cc1. The van der Waals surface area contributed by atoms with Crippen molar-refractivity contribution in [2.75, 3.05) is 23.3 Å². The van der Waals surface area contributed by atoms with Gasteiger partial charge in [-0.3, -0.25) is 9.69 Å². The molecule has 3 rings (SSSR count). The molecule has 0 spiro atoms. The molecule has 0 radical (unpaired) electrons. The summed E-state index contributed by atoms with van der Waals surface area (Å²) in [4.78, 5) is 27.2. The van der Waals surface area contributed by atoms with Gasteiger partial charge in [-0.15, -0.1) is 0 Å². The molecule has 1 atom stereocenters. The summed E-state index contributed by atoms with van der Waals surface area (Å²) in [6, 6.07) is 22.2. The Balaban J connectivity index is 1.67. The molecule has 6 nitrogen and oxygen atoms in total. The van der Waals surface area contributed by atoms with Crippen LogP contribution in [0.3, 0.4) is 0 Å². The van der Waals surface area contributed by atoms with Crippen molar-refractivity contribution in [3.05, 3.63) is 84.7 Å². The van der Waals surface area contributed by atoms with Gasteiger partial charge in [0.1, 0.15) is 17.3 Å². The number of unbranched alkanes of at least 4 members (excludes halogenated alkanes) is 1. The first-order chi connectivity index (χ1) is 18.0. The fraction of sp³-hybridized carbons (Fsp3) is 0.333. The van der Waals surface area contributed by atoms with E-state index in [2.05, 4.69) is 17.6 Å². The lowest BCUT2D eigenvalue weighted by molar-refractivity contribution is -0.125. The Morgan fingerprint density at radius 2 is 1.57 bits per heavy atom. The maximum absolute atomic E-state index is 14.2. The minimum absolute atomic E-state index is 0.0116. The summed E-state index contributed by atoms with van der Waals surface area (Å²) in [6.07, 6.45) is 4.32. The van der Waals surface area contributed by atoms with Crippen molar-refractivity contribution >= 4 is 23.3 Å². The van der Waals surface area contributed by atoms with Crippen LogP contribution in [-0.2, 0) is 4.79 Å². The van der Waals surface area contributed by atoms with Crippen molar-refractivity contribution in [1.29, 1.82) is 0 Å². The normalized spacial score (nSPS) is 11.4. The summed E-state index contributed by atoms with van der Waals surface area (Å²) >= 11 is 0. The quantitative estimate of drug-likeness (QED) is 0.238. The Kier molecular flexibility index (Phi) is 11.0. The summed E-state index contributed by atoms with van der Waals surface area (Å²) < 4.78 is 20.0. The van der Waals surface area contributed by atoms with Gasteiger partial charge in [0.2, 0.25) is 5.91 Å². The van der Waals surface area contributed by atoms with Crippen molar-refractivity contribution in [2.45, 2.75) is 46.0 Å². The lowest BCUT2D eigenvalue weighted by Gasteiger charge is -2.24. The highest BCUT2D eigenvalue weighted by Gasteiger charge is 2.19. The van der Waals surface area contributed by atoms with Crippen LogP contribution in [0.1, 0.15) is 46.0 Å². The van der Waals surface area contributed by atoms with Crippen LogP contribution in [0, 0.1) is 11.7 Å². The van der Waals surface area contributed by atoms with E-state index in [0.717, 1.165) is 25.7 Å². The third-order valence-corrected chi connectivity index (χ3v) is 6.12. The minimum atomic E-state index is -0.507. The molecule has 3 amide bonds. The van der Waals surface area contributed by atoms with E-state index in [1.807, 2.05) is 37.3 Å². The predicted molar refractivity (Wildman–Crippen MR) is 147 cm³/mol. The number of rotatable bonds is 13. The van der Waals surface area contributed by atoms with E-state index in [-0.39, 0.29) is 17.5 Å². The molecule has 3 aromatic carbocycles. The van der Waals surface area contributed by atoms with Crippen molar-refractivity contribution in [3.63, 3.8) is 0 Å². The molecule has 0 aromatic heterocycles. The highest BCUT2D eigenvalue weighted by molar-refractivity contribution is 6.01. The van der Waals surface area contributed by atoms with Crippen molar-refractivity contribution in [3.8, 4) is 11.5 Å². The number of carbonyl (C=O) groups is 2. The molecule has 0 aliphatic rings. The molecular weight excluding hydrogens is 469 g/mol. The molecule has 7 heteroatoms. The number of hydrogen-bond donors (Lipinski definition) is 2. The lowest BCUT2D eigenvalue weighted by Crippen LogP contribution is -2.38. The second-order valence-corrected chi connectivity index (χ2v) is 8.86. The fourth-order valence-corrected chi connectivity index (χ4v) is 3.98. The lowest BCUT2D eigenvalue weighted by atomic mass is 9.98. The number of carbonyl (C=O) groups excluding carboxylic acids is 2. The predicted octanol–water partition coefficient (Wildman–Crippen LogP) is 7.38. The summed E-state index contributed by atoms with van der Waals surface area (Å²) in [6.45, 7) is 4.93. The van der Waals surface area contributed by atoms with Crippen LogP contribution in [0.25, 0.3) is 0 Å². The number of benzene rings is 3. The summed E-state index contributed by atoms with van der Waals surface area (Å²) in [5.74, 6) is 0.907. The number of anilines is 2. The summed E-state index contributed by atoms with van der Waals surface area (Å²) in [5.41, 5.74) is 0.742. The maximum Gasteiger partial charge on any atom is 0.326 e. The second kappa shape index (κ2) is 14.6. The third-order valence-electron chi connectivity index (χ3n) is 6.12. The molecule has 0 aliphatic heterocycles. The molecule has 1 unspecified atom stereocenters. The van der Waals surface area contributed by atoms with Crippen LogP contribution in [0.15, 0.2) is 78.9 Å². The molecule has 0 fully saturated rings. The average Bonchev–Trinajstić information content (AvgIpc) is 2.91. The van der Waals surface area contributed by atoms with E-state index in [1.54, 1.807) is 41.3 Å². The molecule has 0 saturated carbocycles. The van der Waals surface area contributed by atoms with Crippen LogP contribution in [-0.4, -0.2) is 25.0 Å². The third kappa shape index (κ3) is 8.63. The summed E-state index contributed by atoms with van der Waals surface area (Å²) in [7, 11) is 0. The van der Waals surface area contributed by atoms with Gasteiger partial charge in [0, 0.05) is 24.7 Å². The van der Waals surface area contributed by atoms with Gasteiger partial charge in [-0.25, -0.2) is 9.18 Å². The summed E-state index contributed by atoms with van der Waals surface area (Å²) in [5, 5.41) is 5.66. The molecule has 0 bridgehead atoms. The van der Waals surface area contributed by atoms with Crippen LogP contribution < -0.4 is 20.3 Å². The number of nitrogens with one attached hydrogen (secondary N) is 2. The Morgan fingerprint density at radius 1 is 0.892 bits per heavy atom. The Bertz CT molecular complexity index is 1120. The van der Waals surface area contributed by atoms with Gasteiger partial charge in [-0.1, -0.05) is 57.0 Å². The van der Waals surface area contributed by atoms with Crippen molar-refractivity contribution < 1.29 is 18.7 Å². The van der Waals surface area contributed by atoms with Gasteiger partial charge in [0.25, 0.3) is 0 Å². The number of amides is 3. The van der Waals surface area contributed by atoms with Gasteiger partial charge < -0.3 is 15.4 Å². The minimum Gasteiger partial charge on any atom is -0.457 e. The Labute approximate surface area is 218 Å². The molecule has 0 saturated heterocycles. The molecule has 0 heterocycles. The number of urea groups is 1. The zero-order valence-electron chi connectivity index (χ0n) is 21.6. The van der Waals surface area contributed by atoms with Crippen molar-refractivity contribution in [1.82, 2.24) is 5.32 Å². The van der Waals surface area contributed by atoms with Crippen LogP contribution in [0.5, 0.6) is 11.5 Å². The van der Waals surface area contributed by atoms with E-state index in [4.69, 9.17) is 4.74 Å². The van der Waals surface area contributed by atoms with E-state index in [9.17, 15) is 14.0 Å². The zero-order chi connectivity index (χ0) is 26.5. The highest BCUT2D eigenvalue weighted by Crippen LogP contribution is 2.25. The van der Waals surface area contributed by atoms with Gasteiger partial charge in [-0.05, 0) is 67.8 Å². The van der Waals surface area contributed by atoms with Gasteiger partial charge >= 0.3 is 6.03 Å². The van der Waals surface area contributed by atoms with Gasteiger partial charge in [0.05, 0.1) is 5.69 Å². The topological polar surface area (TPSA) is 70.7 Å². The van der Waals surface area contributed by atoms with Gasteiger partial charge in [-0.2, -0.15) is 0 Å². The number of halogens is 1. The smallest absolute Gasteiger partial charge is 0.326 e. The molecule has 196 valence electrons. The molecular formula is C30H36FN3O3. The highest BCUT2D eigenvalue weighted by atomic mass is 19.1. The molecule has 3 aromatic rings. The van der Waals surface area contributed by atoms with E-state index < -0.39 is 11.8 Å². The standard InChI is InChI=1S/C30H36FN3O3/c1-3-5-12-23(4-2)29(35)32-21-11-22-34(30(36)33-28-16-10-9-15-27(28)31)24-17-19-26(20-18-24)37-25-13-7-6-8-14-25/h6-10,13-20,23H,3-5,11-12,21-22H2,1-2H3,(H,32,35)(H,33,36). The molecule has 2 N–H and O–H groups in total. The first-order valence-corrected chi connectivity index (χ1v) is 13.0. The van der Waals surface area contributed by atoms with Gasteiger partial charge in [0.15, 0.2) is 0 Å². The van der Waals surface area contributed by atoms with Crippen molar-refractivity contribution in [2.24, 2.45) is 5.92 Å². The maximum atomic E-state index is 14.2. The number of hydrogen-bond acceptors (Lipinski definition) is 3. The van der Waals surface area contributed by atoms with E-state index >= 15 is 0 Å². The van der Waals surface area contributed by atoms with Crippen LogP contribution in [0.2, 0.25) is 0 Å². The van der Waals surface area contributed by atoms with Crippen LogP contribution in [0.4, 0.5) is 20.6 Å². The largest absolute Gasteiger partial charge is 0.457 e. The first-order valence-electron chi connectivity index (χ1n) is 13.0. The monoisotopic (exact) mass is 505 g/mol. The first kappa shape index (κ1) is 27.7. The molecule has 0 aliphatic carbocycles. The number of nitrogens with zero attached hydrogens (tertiary/aromatic N) is 1. The molecule has 37 heavy (non-hydrogen) atoms. The van der Waals surface area contributed by atoms with E-state index in [1.165, 1.54) is 12.1 Å². The second-order valence-electron chi connectivity index (χ2n) is 8.86. The Hall–Kier alpha value is -3.87.